The number of hydrogen-bond acceptors (Lipinski definition) is 5. The smallest absolute Gasteiger partial charge is 0.335 e. The van der Waals surface area contributed by atoms with Crippen LogP contribution in [0.1, 0.15) is 42.3 Å². The number of carboxylic acids is 1. The zero-order valence-electron chi connectivity index (χ0n) is 18.6. The third-order valence-electron chi connectivity index (χ3n) is 4.49. The average molecular weight is 464 g/mol. The van der Waals surface area contributed by atoms with Gasteiger partial charge in [-0.15, -0.1) is 11.3 Å². The van der Waals surface area contributed by atoms with Crippen LogP contribution in [0.25, 0.3) is 16.5 Å². The van der Waals surface area contributed by atoms with E-state index in [4.69, 9.17) is 9.84 Å². The van der Waals surface area contributed by atoms with E-state index in [9.17, 15) is 14.4 Å². The number of hydrogen-bond donors (Lipinski definition) is 2. The van der Waals surface area contributed by atoms with Gasteiger partial charge < -0.3 is 15.2 Å². The molecule has 0 aliphatic carbocycles. The maximum absolute atomic E-state index is 12.6. The molecule has 3 rings (SSSR count). The fourth-order valence-electron chi connectivity index (χ4n) is 3.10. The molecule has 0 aliphatic rings. The first-order chi connectivity index (χ1) is 15.6. The van der Waals surface area contributed by atoms with Crippen LogP contribution >= 0.6 is 11.3 Å². The minimum Gasteiger partial charge on any atom is -0.478 e. The number of nitrogens with one attached hydrogen (secondary N) is 1. The van der Waals surface area contributed by atoms with Gasteiger partial charge in [0.1, 0.15) is 5.60 Å². The molecule has 1 aromatic heterocycles. The van der Waals surface area contributed by atoms with E-state index >= 15 is 0 Å². The standard InChI is InChI=1S/C26H25NO5S/c1-26(2,3)32-24(29)16-18-10-11-19(22-8-5-13-33-22)15-21(18)27-23(28)12-9-17-6-4-7-20(14-17)25(30)31/h4-15H,16H2,1-3H3,(H,27,28)(H,30,31)/b12-9+. The molecule has 1 amide bonds. The monoisotopic (exact) mass is 463 g/mol. The van der Waals surface area contributed by atoms with Gasteiger partial charge in [-0.05, 0) is 73.2 Å². The number of esters is 1. The molecule has 0 fully saturated rings. The van der Waals surface area contributed by atoms with Gasteiger partial charge in [0, 0.05) is 16.6 Å². The van der Waals surface area contributed by atoms with Crippen molar-refractivity contribution in [3.8, 4) is 10.4 Å². The van der Waals surface area contributed by atoms with Crippen LogP contribution < -0.4 is 5.32 Å². The molecular formula is C26H25NO5S. The summed E-state index contributed by atoms with van der Waals surface area (Å²) in [5.41, 5.74) is 2.20. The Morgan fingerprint density at radius 1 is 1.06 bits per heavy atom. The molecule has 2 N–H and O–H groups in total. The van der Waals surface area contributed by atoms with Crippen LogP contribution in [0.3, 0.4) is 0 Å². The largest absolute Gasteiger partial charge is 0.478 e. The molecule has 0 spiro atoms. The molecule has 0 saturated carbocycles. The second-order valence-electron chi connectivity index (χ2n) is 8.37. The molecule has 1 heterocycles. The minimum atomic E-state index is -1.04. The fraction of sp³-hybridized carbons (Fsp3) is 0.192. The molecular weight excluding hydrogens is 438 g/mol. The van der Waals surface area contributed by atoms with E-state index in [2.05, 4.69) is 5.32 Å². The lowest BCUT2D eigenvalue weighted by atomic mass is 10.0. The Labute approximate surface area is 196 Å². The van der Waals surface area contributed by atoms with Crippen LogP contribution in [-0.2, 0) is 20.7 Å². The third-order valence-corrected chi connectivity index (χ3v) is 5.41. The Kier molecular flexibility index (Phi) is 7.45. The third kappa shape index (κ3) is 7.15. The zero-order valence-corrected chi connectivity index (χ0v) is 19.4. The Bertz CT molecular complexity index is 1190. The summed E-state index contributed by atoms with van der Waals surface area (Å²) in [6.45, 7) is 5.41. The summed E-state index contributed by atoms with van der Waals surface area (Å²) in [7, 11) is 0. The second kappa shape index (κ2) is 10.3. The highest BCUT2D eigenvalue weighted by atomic mass is 32.1. The molecule has 0 aliphatic heterocycles. The predicted molar refractivity (Wildman–Crippen MR) is 130 cm³/mol. The van der Waals surface area contributed by atoms with Gasteiger partial charge in [0.2, 0.25) is 5.91 Å². The molecule has 0 bridgehead atoms. The summed E-state index contributed by atoms with van der Waals surface area (Å²) < 4.78 is 5.43. The Morgan fingerprint density at radius 2 is 1.85 bits per heavy atom. The van der Waals surface area contributed by atoms with Gasteiger partial charge >= 0.3 is 11.9 Å². The van der Waals surface area contributed by atoms with Gasteiger partial charge in [0.05, 0.1) is 12.0 Å². The summed E-state index contributed by atoms with van der Waals surface area (Å²) in [5, 5.41) is 13.9. The summed E-state index contributed by atoms with van der Waals surface area (Å²) >= 11 is 1.58. The summed E-state index contributed by atoms with van der Waals surface area (Å²) in [6, 6.07) is 15.8. The molecule has 7 heteroatoms. The number of benzene rings is 2. The van der Waals surface area contributed by atoms with Crippen molar-refractivity contribution in [2.45, 2.75) is 32.8 Å². The number of carbonyl (C=O) groups is 3. The van der Waals surface area contributed by atoms with E-state index in [0.29, 0.717) is 16.8 Å². The van der Waals surface area contributed by atoms with Crippen molar-refractivity contribution in [3.05, 3.63) is 82.7 Å². The second-order valence-corrected chi connectivity index (χ2v) is 9.31. The summed E-state index contributed by atoms with van der Waals surface area (Å²) in [5.74, 6) is -1.82. The van der Waals surface area contributed by atoms with Crippen LogP contribution in [0.2, 0.25) is 0 Å². The van der Waals surface area contributed by atoms with Crippen molar-refractivity contribution in [1.29, 1.82) is 0 Å². The van der Waals surface area contributed by atoms with Gasteiger partial charge in [0.15, 0.2) is 0 Å². The van der Waals surface area contributed by atoms with Crippen LogP contribution in [0.5, 0.6) is 0 Å². The van der Waals surface area contributed by atoms with Crippen molar-refractivity contribution in [2.75, 3.05) is 5.32 Å². The number of ether oxygens (including phenoxy) is 1. The van der Waals surface area contributed by atoms with E-state index in [1.165, 1.54) is 18.2 Å². The minimum absolute atomic E-state index is 0.0158. The molecule has 6 nitrogen and oxygen atoms in total. The number of rotatable bonds is 7. The van der Waals surface area contributed by atoms with Crippen molar-refractivity contribution in [2.24, 2.45) is 0 Å². The van der Waals surface area contributed by atoms with Crippen molar-refractivity contribution in [3.63, 3.8) is 0 Å². The van der Waals surface area contributed by atoms with Gasteiger partial charge in [0.25, 0.3) is 0 Å². The maximum atomic E-state index is 12.6. The van der Waals surface area contributed by atoms with Crippen LogP contribution in [0.4, 0.5) is 5.69 Å². The highest BCUT2D eigenvalue weighted by molar-refractivity contribution is 7.13. The van der Waals surface area contributed by atoms with E-state index in [-0.39, 0.29) is 18.0 Å². The normalized spacial score (nSPS) is 11.4. The van der Waals surface area contributed by atoms with Gasteiger partial charge in [-0.3, -0.25) is 9.59 Å². The predicted octanol–water partition coefficient (Wildman–Crippen LogP) is 5.65. The molecule has 0 saturated heterocycles. The zero-order chi connectivity index (χ0) is 24.0. The number of carbonyl (C=O) groups excluding carboxylic acids is 2. The molecule has 0 radical (unpaired) electrons. The molecule has 33 heavy (non-hydrogen) atoms. The van der Waals surface area contributed by atoms with Gasteiger partial charge in [-0.25, -0.2) is 4.79 Å². The molecule has 170 valence electrons. The van der Waals surface area contributed by atoms with Gasteiger partial charge in [-0.2, -0.15) is 0 Å². The first kappa shape index (κ1) is 23.9. The van der Waals surface area contributed by atoms with Gasteiger partial charge in [-0.1, -0.05) is 30.3 Å². The van der Waals surface area contributed by atoms with Crippen molar-refractivity contribution in [1.82, 2.24) is 0 Å². The quantitative estimate of drug-likeness (QED) is 0.349. The fourth-order valence-corrected chi connectivity index (χ4v) is 3.82. The maximum Gasteiger partial charge on any atom is 0.335 e. The van der Waals surface area contributed by atoms with Crippen LogP contribution in [0, 0.1) is 0 Å². The first-order valence-corrected chi connectivity index (χ1v) is 11.2. The number of thiophene rings is 1. The molecule has 3 aromatic rings. The lowest BCUT2D eigenvalue weighted by Gasteiger charge is -2.20. The van der Waals surface area contributed by atoms with E-state index in [0.717, 1.165) is 10.4 Å². The lowest BCUT2D eigenvalue weighted by molar-refractivity contribution is -0.153. The van der Waals surface area contributed by atoms with E-state index in [1.807, 2.05) is 35.7 Å². The van der Waals surface area contributed by atoms with E-state index in [1.54, 1.807) is 50.3 Å². The van der Waals surface area contributed by atoms with Crippen molar-refractivity contribution >= 4 is 40.9 Å². The van der Waals surface area contributed by atoms with Crippen LogP contribution in [0.15, 0.2) is 66.1 Å². The summed E-state index contributed by atoms with van der Waals surface area (Å²) in [6.07, 6.45) is 2.89. The molecule has 0 atom stereocenters. The SMILES string of the molecule is CC(C)(C)OC(=O)Cc1ccc(-c2cccs2)cc1NC(=O)/C=C/c1cccc(C(=O)O)c1. The van der Waals surface area contributed by atoms with Crippen LogP contribution in [-0.4, -0.2) is 28.6 Å². The number of amides is 1. The topological polar surface area (TPSA) is 92.7 Å². The number of carboxylic acid groups (broad SMARTS) is 1. The Balaban J connectivity index is 1.83. The highest BCUT2D eigenvalue weighted by Crippen LogP contribution is 2.30. The number of aromatic carboxylic acids is 1. The first-order valence-electron chi connectivity index (χ1n) is 10.3. The van der Waals surface area contributed by atoms with E-state index < -0.39 is 17.5 Å². The Hall–Kier alpha value is -3.71. The highest BCUT2D eigenvalue weighted by Gasteiger charge is 2.18. The lowest BCUT2D eigenvalue weighted by Crippen LogP contribution is -2.25. The number of anilines is 1. The summed E-state index contributed by atoms with van der Waals surface area (Å²) in [4.78, 5) is 37.2. The Morgan fingerprint density at radius 3 is 2.52 bits per heavy atom. The average Bonchev–Trinajstić information content (AvgIpc) is 3.27. The molecule has 0 unspecified atom stereocenters. The molecule has 2 aromatic carbocycles. The van der Waals surface area contributed by atoms with Crippen molar-refractivity contribution < 1.29 is 24.2 Å².